The van der Waals surface area contributed by atoms with E-state index in [-0.39, 0.29) is 17.8 Å². The van der Waals surface area contributed by atoms with Crippen LogP contribution in [0.5, 0.6) is 17.2 Å². The summed E-state index contributed by atoms with van der Waals surface area (Å²) >= 11 is 0. The van der Waals surface area contributed by atoms with Crippen LogP contribution in [0.2, 0.25) is 0 Å². The molecule has 6 heteroatoms. The lowest BCUT2D eigenvalue weighted by molar-refractivity contribution is -0.152. The average molecular weight is 493 g/mol. The van der Waals surface area contributed by atoms with Crippen molar-refractivity contribution >= 4 is 16.9 Å². The number of hydrogen-bond acceptors (Lipinski definition) is 6. The summed E-state index contributed by atoms with van der Waals surface area (Å²) in [5, 5.41) is 0.338. The molecule has 0 bridgehead atoms. The van der Waals surface area contributed by atoms with Crippen molar-refractivity contribution in [2.75, 3.05) is 0 Å². The Kier molecular flexibility index (Phi) is 6.99. The van der Waals surface area contributed by atoms with E-state index in [9.17, 15) is 9.59 Å². The molecule has 1 heterocycles. The zero-order chi connectivity index (χ0) is 25.6. The lowest BCUT2D eigenvalue weighted by Gasteiger charge is -2.14. The van der Waals surface area contributed by atoms with Crippen molar-refractivity contribution in [2.45, 2.75) is 19.6 Å². The topological polar surface area (TPSA) is 75.0 Å². The van der Waals surface area contributed by atoms with Gasteiger partial charge in [-0.15, -0.1) is 0 Å². The number of hydrogen-bond donors (Lipinski definition) is 0. The largest absolute Gasteiger partial charge is 0.479 e. The summed E-state index contributed by atoms with van der Waals surface area (Å²) in [4.78, 5) is 25.3. The van der Waals surface area contributed by atoms with Gasteiger partial charge in [0.15, 0.2) is 6.10 Å². The van der Waals surface area contributed by atoms with E-state index in [0.29, 0.717) is 22.5 Å². The van der Waals surface area contributed by atoms with Gasteiger partial charge in [0, 0.05) is 6.07 Å². The average Bonchev–Trinajstić information content (AvgIpc) is 2.94. The molecular formula is C31H24O6. The van der Waals surface area contributed by atoms with Crippen molar-refractivity contribution in [3.63, 3.8) is 0 Å². The van der Waals surface area contributed by atoms with Gasteiger partial charge in [-0.05, 0) is 47.9 Å². The van der Waals surface area contributed by atoms with E-state index in [1.807, 2.05) is 72.8 Å². The quantitative estimate of drug-likeness (QED) is 0.223. The van der Waals surface area contributed by atoms with Crippen LogP contribution in [-0.2, 0) is 16.1 Å². The fraction of sp³-hybridized carbons (Fsp3) is 0.0968. The van der Waals surface area contributed by atoms with Gasteiger partial charge in [0.25, 0.3) is 0 Å². The van der Waals surface area contributed by atoms with E-state index in [2.05, 4.69) is 0 Å². The molecule has 1 unspecified atom stereocenters. The van der Waals surface area contributed by atoms with E-state index >= 15 is 0 Å². The Morgan fingerprint density at radius 2 is 1.46 bits per heavy atom. The molecule has 0 aliphatic carbocycles. The summed E-state index contributed by atoms with van der Waals surface area (Å²) in [5.41, 5.74) is 3.04. The fourth-order valence-corrected chi connectivity index (χ4v) is 3.81. The fourth-order valence-electron chi connectivity index (χ4n) is 3.81. The highest BCUT2D eigenvalue weighted by atomic mass is 16.6. The summed E-state index contributed by atoms with van der Waals surface area (Å²) in [7, 11) is 0. The minimum absolute atomic E-state index is 0.0755. The molecule has 0 N–H and O–H groups in total. The molecule has 6 nitrogen and oxygen atoms in total. The van der Waals surface area contributed by atoms with Gasteiger partial charge in [-0.25, -0.2) is 4.79 Å². The van der Waals surface area contributed by atoms with E-state index in [0.717, 1.165) is 16.7 Å². The molecule has 0 amide bonds. The maximum Gasteiger partial charge on any atom is 0.347 e. The third-order valence-electron chi connectivity index (χ3n) is 5.77. The molecular weight excluding hydrogens is 468 g/mol. The first-order valence-electron chi connectivity index (χ1n) is 11.8. The van der Waals surface area contributed by atoms with Gasteiger partial charge in [-0.2, -0.15) is 0 Å². The van der Waals surface area contributed by atoms with Crippen LogP contribution < -0.4 is 14.9 Å². The summed E-state index contributed by atoms with van der Waals surface area (Å²) < 4.78 is 22.5. The maximum absolute atomic E-state index is 13.0. The van der Waals surface area contributed by atoms with E-state index in [1.54, 1.807) is 37.3 Å². The summed E-state index contributed by atoms with van der Waals surface area (Å²) in [6.07, 6.45) is 0.436. The van der Waals surface area contributed by atoms with Crippen molar-refractivity contribution in [2.24, 2.45) is 0 Å². The second-order valence-electron chi connectivity index (χ2n) is 8.43. The lowest BCUT2D eigenvalue weighted by atomic mass is 10.1. The monoisotopic (exact) mass is 492 g/mol. The molecule has 0 radical (unpaired) electrons. The molecule has 184 valence electrons. The molecule has 4 aromatic carbocycles. The predicted octanol–water partition coefficient (Wildman–Crippen LogP) is 6.76. The minimum Gasteiger partial charge on any atom is -0.479 e. The highest BCUT2D eigenvalue weighted by Crippen LogP contribution is 2.27. The second kappa shape index (κ2) is 10.8. The molecule has 0 aliphatic heterocycles. The van der Waals surface area contributed by atoms with Crippen LogP contribution in [0.4, 0.5) is 0 Å². The number of benzene rings is 4. The van der Waals surface area contributed by atoms with Crippen molar-refractivity contribution in [1.29, 1.82) is 0 Å². The Hall–Kier alpha value is -4.84. The smallest absolute Gasteiger partial charge is 0.347 e. The van der Waals surface area contributed by atoms with Gasteiger partial charge in [0.05, 0.1) is 5.39 Å². The van der Waals surface area contributed by atoms with Gasteiger partial charge in [0.2, 0.25) is 11.2 Å². The van der Waals surface area contributed by atoms with Crippen molar-refractivity contribution in [3.05, 3.63) is 125 Å². The van der Waals surface area contributed by atoms with Gasteiger partial charge < -0.3 is 18.6 Å². The van der Waals surface area contributed by atoms with Crippen LogP contribution in [0, 0.1) is 0 Å². The molecule has 1 atom stereocenters. The molecule has 0 aliphatic rings. The Balaban J connectivity index is 1.25. The van der Waals surface area contributed by atoms with Gasteiger partial charge in [-0.3, -0.25) is 4.79 Å². The Morgan fingerprint density at radius 3 is 2.19 bits per heavy atom. The highest BCUT2D eigenvalue weighted by Gasteiger charge is 2.18. The predicted molar refractivity (Wildman–Crippen MR) is 141 cm³/mol. The van der Waals surface area contributed by atoms with Crippen LogP contribution >= 0.6 is 0 Å². The Bertz CT molecular complexity index is 1560. The number of fused-ring (bicyclic) bond motifs is 1. The number of carbonyl (C=O) groups is 1. The van der Waals surface area contributed by atoms with Gasteiger partial charge in [-0.1, -0.05) is 72.8 Å². The Labute approximate surface area is 213 Å². The molecule has 0 spiro atoms. The maximum atomic E-state index is 13.0. The van der Waals surface area contributed by atoms with Crippen LogP contribution in [-0.4, -0.2) is 12.1 Å². The minimum atomic E-state index is -0.839. The van der Waals surface area contributed by atoms with Gasteiger partial charge in [0.1, 0.15) is 30.0 Å². The summed E-state index contributed by atoms with van der Waals surface area (Å²) in [6, 6.07) is 31.6. The first-order valence-corrected chi connectivity index (χ1v) is 11.8. The standard InChI is InChI=1S/C31H24O6/c1-21(31(33)35-19-22-8-4-2-5-9-22)36-26-16-17-27-28(18-26)34-20-29(30(27)32)37-25-14-12-24(13-15-25)23-10-6-3-7-11-23/h2-18,20-21H,19H2,1H3. The van der Waals surface area contributed by atoms with E-state index < -0.39 is 12.1 Å². The Morgan fingerprint density at radius 1 is 0.811 bits per heavy atom. The first kappa shape index (κ1) is 23.9. The molecule has 37 heavy (non-hydrogen) atoms. The lowest BCUT2D eigenvalue weighted by Crippen LogP contribution is -2.26. The number of rotatable bonds is 8. The first-order chi connectivity index (χ1) is 18.1. The molecule has 0 saturated heterocycles. The van der Waals surface area contributed by atoms with E-state index in [4.69, 9.17) is 18.6 Å². The van der Waals surface area contributed by atoms with Crippen LogP contribution in [0.1, 0.15) is 12.5 Å². The zero-order valence-corrected chi connectivity index (χ0v) is 20.1. The van der Waals surface area contributed by atoms with Crippen LogP contribution in [0.15, 0.2) is 119 Å². The molecule has 5 rings (SSSR count). The number of ether oxygens (including phenoxy) is 3. The van der Waals surface area contributed by atoms with Crippen molar-refractivity contribution in [1.82, 2.24) is 0 Å². The third-order valence-corrected chi connectivity index (χ3v) is 5.77. The number of esters is 1. The third kappa shape index (κ3) is 5.70. The van der Waals surface area contributed by atoms with Crippen LogP contribution in [0.3, 0.4) is 0 Å². The molecule has 5 aromatic rings. The van der Waals surface area contributed by atoms with Crippen molar-refractivity contribution < 1.29 is 23.4 Å². The second-order valence-corrected chi connectivity index (χ2v) is 8.43. The molecule has 0 saturated carbocycles. The zero-order valence-electron chi connectivity index (χ0n) is 20.1. The molecule has 0 fully saturated rings. The van der Waals surface area contributed by atoms with Crippen LogP contribution in [0.25, 0.3) is 22.1 Å². The van der Waals surface area contributed by atoms with Crippen molar-refractivity contribution in [3.8, 4) is 28.4 Å². The summed E-state index contributed by atoms with van der Waals surface area (Å²) in [5.74, 6) is 0.484. The normalized spacial score (nSPS) is 11.6. The van der Waals surface area contributed by atoms with E-state index in [1.165, 1.54) is 6.26 Å². The number of carbonyl (C=O) groups excluding carboxylic acids is 1. The molecule has 1 aromatic heterocycles. The van der Waals surface area contributed by atoms with Gasteiger partial charge >= 0.3 is 5.97 Å². The highest BCUT2D eigenvalue weighted by molar-refractivity contribution is 5.79. The summed E-state index contributed by atoms with van der Waals surface area (Å²) in [6.45, 7) is 1.77. The SMILES string of the molecule is CC(Oc1ccc2c(=O)c(Oc3ccc(-c4ccccc4)cc3)coc2c1)C(=O)OCc1ccccc1.